The minimum atomic E-state index is 0.334. The van der Waals surface area contributed by atoms with Gasteiger partial charge in [0, 0.05) is 50.8 Å². The first kappa shape index (κ1) is 14.9. The van der Waals surface area contributed by atoms with Gasteiger partial charge in [0.15, 0.2) is 0 Å². The van der Waals surface area contributed by atoms with E-state index in [0.717, 1.165) is 6.54 Å². The van der Waals surface area contributed by atoms with Gasteiger partial charge < -0.3 is 5.32 Å². The molecule has 0 aromatic carbocycles. The molecular formula is C14H31N3. The fourth-order valence-corrected chi connectivity index (χ4v) is 2.26. The molecule has 0 spiro atoms. The second kappa shape index (κ2) is 6.72. The Hall–Kier alpha value is -0.120. The van der Waals surface area contributed by atoms with Gasteiger partial charge in [0.2, 0.25) is 0 Å². The highest BCUT2D eigenvalue weighted by Gasteiger charge is 2.25. The van der Waals surface area contributed by atoms with Gasteiger partial charge >= 0.3 is 0 Å². The van der Waals surface area contributed by atoms with Crippen molar-refractivity contribution in [2.45, 2.75) is 52.6 Å². The maximum Gasteiger partial charge on any atom is 0.0126 e. The van der Waals surface area contributed by atoms with Gasteiger partial charge in [0.25, 0.3) is 0 Å². The van der Waals surface area contributed by atoms with Gasteiger partial charge in [-0.05, 0) is 34.1 Å². The fourth-order valence-electron chi connectivity index (χ4n) is 2.26. The van der Waals surface area contributed by atoms with Crippen LogP contribution in [0.15, 0.2) is 0 Å². The molecule has 1 aliphatic rings. The number of nitrogens with zero attached hydrogens (tertiary/aromatic N) is 2. The zero-order valence-corrected chi connectivity index (χ0v) is 12.4. The first-order chi connectivity index (χ1) is 7.93. The Kier molecular flexibility index (Phi) is 5.90. The van der Waals surface area contributed by atoms with Crippen molar-refractivity contribution in [2.24, 2.45) is 0 Å². The molecule has 0 aromatic rings. The topological polar surface area (TPSA) is 18.5 Å². The smallest absolute Gasteiger partial charge is 0.0126 e. The van der Waals surface area contributed by atoms with E-state index in [1.165, 1.54) is 39.1 Å². The second-order valence-electron chi connectivity index (χ2n) is 6.26. The summed E-state index contributed by atoms with van der Waals surface area (Å²) in [5, 5.41) is 3.57. The Morgan fingerprint density at radius 1 is 1.12 bits per heavy atom. The summed E-state index contributed by atoms with van der Waals surface area (Å²) in [6.45, 7) is 18.6. The summed E-state index contributed by atoms with van der Waals surface area (Å²) >= 11 is 0. The summed E-state index contributed by atoms with van der Waals surface area (Å²) in [5.74, 6) is 0. The van der Waals surface area contributed by atoms with Crippen LogP contribution in [0.3, 0.4) is 0 Å². The quantitative estimate of drug-likeness (QED) is 0.792. The molecule has 1 rings (SSSR count). The van der Waals surface area contributed by atoms with Crippen LogP contribution < -0.4 is 5.32 Å². The zero-order valence-electron chi connectivity index (χ0n) is 12.4. The van der Waals surface area contributed by atoms with Crippen molar-refractivity contribution in [3.63, 3.8) is 0 Å². The Labute approximate surface area is 108 Å². The van der Waals surface area contributed by atoms with E-state index in [1.807, 2.05) is 0 Å². The third kappa shape index (κ3) is 5.36. The van der Waals surface area contributed by atoms with E-state index < -0.39 is 0 Å². The molecule has 0 radical (unpaired) electrons. The van der Waals surface area contributed by atoms with Crippen LogP contribution in [-0.4, -0.2) is 60.6 Å². The monoisotopic (exact) mass is 241 g/mol. The molecular weight excluding hydrogens is 210 g/mol. The summed E-state index contributed by atoms with van der Waals surface area (Å²) in [7, 11) is 0. The van der Waals surface area contributed by atoms with Crippen molar-refractivity contribution < 1.29 is 0 Å². The lowest BCUT2D eigenvalue weighted by Crippen LogP contribution is -2.54. The van der Waals surface area contributed by atoms with Gasteiger partial charge in [-0.25, -0.2) is 0 Å². The lowest BCUT2D eigenvalue weighted by molar-refractivity contribution is 0.0625. The zero-order chi connectivity index (χ0) is 12.9. The van der Waals surface area contributed by atoms with E-state index in [9.17, 15) is 0 Å². The molecule has 0 bridgehead atoms. The molecule has 3 heteroatoms. The van der Waals surface area contributed by atoms with Gasteiger partial charge in [-0.3, -0.25) is 9.80 Å². The minimum Gasteiger partial charge on any atom is -0.313 e. The van der Waals surface area contributed by atoms with Crippen LogP contribution in [0.4, 0.5) is 0 Å². The van der Waals surface area contributed by atoms with Crippen LogP contribution in [0.2, 0.25) is 0 Å². The van der Waals surface area contributed by atoms with Crippen molar-refractivity contribution >= 4 is 0 Å². The molecule has 0 saturated carbocycles. The van der Waals surface area contributed by atoms with Crippen molar-refractivity contribution in [2.75, 3.05) is 39.3 Å². The molecule has 1 N–H and O–H groups in total. The van der Waals surface area contributed by atoms with Gasteiger partial charge in [0.1, 0.15) is 0 Å². The van der Waals surface area contributed by atoms with Crippen LogP contribution >= 0.6 is 0 Å². The van der Waals surface area contributed by atoms with Gasteiger partial charge in [-0.2, -0.15) is 0 Å². The normalized spacial score (nSPS) is 21.7. The predicted octanol–water partition coefficient (Wildman–Crippen LogP) is 1.79. The summed E-state index contributed by atoms with van der Waals surface area (Å²) in [6.07, 6.45) is 1.22. The predicted molar refractivity (Wildman–Crippen MR) is 75.5 cm³/mol. The Balaban J connectivity index is 2.15. The third-order valence-corrected chi connectivity index (χ3v) is 3.85. The average Bonchev–Trinajstić information content (AvgIpc) is 2.28. The van der Waals surface area contributed by atoms with Gasteiger partial charge in [-0.15, -0.1) is 0 Å². The van der Waals surface area contributed by atoms with Gasteiger partial charge in [0.05, 0.1) is 0 Å². The standard InChI is InChI=1S/C14H31N3/c1-6-13(2)15-7-8-16-9-11-17(12-10-16)14(3,4)5/h13,15H,6-12H2,1-5H3. The maximum atomic E-state index is 3.57. The molecule has 0 aliphatic carbocycles. The van der Waals surface area contributed by atoms with E-state index in [-0.39, 0.29) is 0 Å². The lowest BCUT2D eigenvalue weighted by Gasteiger charge is -2.42. The van der Waals surface area contributed by atoms with Gasteiger partial charge in [-0.1, -0.05) is 6.92 Å². The summed E-state index contributed by atoms with van der Waals surface area (Å²) in [5.41, 5.74) is 0.334. The van der Waals surface area contributed by atoms with Crippen molar-refractivity contribution in [1.82, 2.24) is 15.1 Å². The first-order valence-electron chi connectivity index (χ1n) is 7.14. The molecule has 1 atom stereocenters. The molecule has 1 unspecified atom stereocenters. The molecule has 1 heterocycles. The van der Waals surface area contributed by atoms with E-state index in [2.05, 4.69) is 49.7 Å². The van der Waals surface area contributed by atoms with Crippen molar-refractivity contribution in [3.8, 4) is 0 Å². The fraction of sp³-hybridized carbons (Fsp3) is 1.00. The Morgan fingerprint density at radius 3 is 2.18 bits per heavy atom. The molecule has 0 amide bonds. The molecule has 17 heavy (non-hydrogen) atoms. The molecule has 0 aromatic heterocycles. The molecule has 1 aliphatic heterocycles. The van der Waals surface area contributed by atoms with E-state index >= 15 is 0 Å². The highest BCUT2D eigenvalue weighted by molar-refractivity contribution is 4.82. The summed E-state index contributed by atoms with van der Waals surface area (Å²) in [6, 6.07) is 0.658. The minimum absolute atomic E-state index is 0.334. The SMILES string of the molecule is CCC(C)NCCN1CCN(C(C)(C)C)CC1. The third-order valence-electron chi connectivity index (χ3n) is 3.85. The van der Waals surface area contributed by atoms with Crippen LogP contribution in [0.5, 0.6) is 0 Å². The maximum absolute atomic E-state index is 3.57. The summed E-state index contributed by atoms with van der Waals surface area (Å²) in [4.78, 5) is 5.17. The van der Waals surface area contributed by atoms with Crippen LogP contribution in [0.1, 0.15) is 41.0 Å². The highest BCUT2D eigenvalue weighted by atomic mass is 15.3. The number of rotatable bonds is 5. The highest BCUT2D eigenvalue weighted by Crippen LogP contribution is 2.15. The number of nitrogens with one attached hydrogen (secondary N) is 1. The van der Waals surface area contributed by atoms with Crippen LogP contribution in [-0.2, 0) is 0 Å². The first-order valence-corrected chi connectivity index (χ1v) is 7.14. The van der Waals surface area contributed by atoms with Crippen LogP contribution in [0, 0.1) is 0 Å². The Morgan fingerprint density at radius 2 is 1.71 bits per heavy atom. The Bertz CT molecular complexity index is 202. The second-order valence-corrected chi connectivity index (χ2v) is 6.26. The molecule has 1 saturated heterocycles. The van der Waals surface area contributed by atoms with Crippen molar-refractivity contribution in [3.05, 3.63) is 0 Å². The van der Waals surface area contributed by atoms with Crippen LogP contribution in [0.25, 0.3) is 0 Å². The molecule has 102 valence electrons. The number of hydrogen-bond donors (Lipinski definition) is 1. The van der Waals surface area contributed by atoms with E-state index in [0.29, 0.717) is 11.6 Å². The number of hydrogen-bond acceptors (Lipinski definition) is 3. The lowest BCUT2D eigenvalue weighted by atomic mass is 10.1. The summed E-state index contributed by atoms with van der Waals surface area (Å²) < 4.78 is 0. The average molecular weight is 241 g/mol. The molecule has 3 nitrogen and oxygen atoms in total. The number of piperazine rings is 1. The van der Waals surface area contributed by atoms with E-state index in [4.69, 9.17) is 0 Å². The van der Waals surface area contributed by atoms with E-state index in [1.54, 1.807) is 0 Å². The largest absolute Gasteiger partial charge is 0.313 e. The molecule has 1 fully saturated rings. The van der Waals surface area contributed by atoms with Crippen molar-refractivity contribution in [1.29, 1.82) is 0 Å².